The van der Waals surface area contributed by atoms with Crippen LogP contribution >= 0.6 is 23.2 Å². The van der Waals surface area contributed by atoms with Gasteiger partial charge >= 0.3 is 0 Å². The Morgan fingerprint density at radius 2 is 1.00 bits per heavy atom. The quantitative estimate of drug-likeness (QED) is 0.655. The van der Waals surface area contributed by atoms with Crippen molar-refractivity contribution in [1.29, 1.82) is 0 Å². The van der Waals surface area contributed by atoms with Crippen molar-refractivity contribution in [3.8, 4) is 0 Å². The lowest BCUT2D eigenvalue weighted by Crippen LogP contribution is -1.82. The van der Waals surface area contributed by atoms with E-state index in [-0.39, 0.29) is 0 Å². The van der Waals surface area contributed by atoms with Gasteiger partial charge in [-0.05, 0) is 63.1 Å². The van der Waals surface area contributed by atoms with Crippen molar-refractivity contribution in [2.45, 2.75) is 27.7 Å². The standard InChI is InChI=1S/2C7H8ClN/c2*1-5-3-6(2)9-7(8)4-5/h2*3-4H,1-2H3. The fourth-order valence-electron chi connectivity index (χ4n) is 1.58. The molecule has 18 heavy (non-hydrogen) atoms. The van der Waals surface area contributed by atoms with Crippen LogP contribution in [0.1, 0.15) is 22.5 Å². The highest BCUT2D eigenvalue weighted by atomic mass is 35.5. The van der Waals surface area contributed by atoms with Crippen molar-refractivity contribution in [1.82, 2.24) is 9.97 Å². The molecular formula is C14H16Cl2N2. The molecule has 0 N–H and O–H groups in total. The van der Waals surface area contributed by atoms with E-state index in [1.165, 1.54) is 0 Å². The Kier molecular flexibility index (Phi) is 5.57. The molecular weight excluding hydrogens is 267 g/mol. The second-order valence-corrected chi connectivity index (χ2v) is 4.99. The third kappa shape index (κ3) is 5.48. The molecule has 0 spiro atoms. The second-order valence-electron chi connectivity index (χ2n) is 4.22. The zero-order valence-corrected chi connectivity index (χ0v) is 12.5. The maximum Gasteiger partial charge on any atom is 0.129 e. The first kappa shape index (κ1) is 14.9. The molecule has 2 rings (SSSR count). The van der Waals surface area contributed by atoms with Crippen LogP contribution in [-0.2, 0) is 0 Å². The van der Waals surface area contributed by atoms with Crippen molar-refractivity contribution in [2.24, 2.45) is 0 Å². The molecule has 2 aromatic heterocycles. The minimum atomic E-state index is 0.576. The highest BCUT2D eigenvalue weighted by Crippen LogP contribution is 2.08. The van der Waals surface area contributed by atoms with Gasteiger partial charge in [-0.1, -0.05) is 23.2 Å². The van der Waals surface area contributed by atoms with E-state index in [0.717, 1.165) is 22.5 Å². The van der Waals surface area contributed by atoms with Crippen LogP contribution < -0.4 is 0 Å². The molecule has 0 unspecified atom stereocenters. The van der Waals surface area contributed by atoms with Gasteiger partial charge in [-0.25, -0.2) is 9.97 Å². The smallest absolute Gasteiger partial charge is 0.129 e. The lowest BCUT2D eigenvalue weighted by Gasteiger charge is -1.94. The van der Waals surface area contributed by atoms with E-state index < -0.39 is 0 Å². The summed E-state index contributed by atoms with van der Waals surface area (Å²) in [6.07, 6.45) is 0. The first-order chi connectivity index (χ1) is 8.36. The summed E-state index contributed by atoms with van der Waals surface area (Å²) in [7, 11) is 0. The van der Waals surface area contributed by atoms with Gasteiger partial charge in [-0.3, -0.25) is 0 Å². The Labute approximate surface area is 118 Å². The van der Waals surface area contributed by atoms with Crippen molar-refractivity contribution in [3.63, 3.8) is 0 Å². The zero-order chi connectivity index (χ0) is 13.7. The molecule has 96 valence electrons. The molecule has 0 aromatic carbocycles. The molecule has 2 aromatic rings. The van der Waals surface area contributed by atoms with Crippen LogP contribution in [0.15, 0.2) is 24.3 Å². The first-order valence-corrected chi connectivity index (χ1v) is 6.34. The average molecular weight is 283 g/mol. The molecule has 2 nitrogen and oxygen atoms in total. The third-order valence-corrected chi connectivity index (χ3v) is 2.52. The summed E-state index contributed by atoms with van der Waals surface area (Å²) in [6.45, 7) is 7.86. The summed E-state index contributed by atoms with van der Waals surface area (Å²) in [5.41, 5.74) is 4.26. The van der Waals surface area contributed by atoms with Gasteiger partial charge in [-0.15, -0.1) is 0 Å². The van der Waals surface area contributed by atoms with Gasteiger partial charge in [0.2, 0.25) is 0 Å². The summed E-state index contributed by atoms with van der Waals surface area (Å²) in [5.74, 6) is 0. The molecule has 0 radical (unpaired) electrons. The third-order valence-electron chi connectivity index (χ3n) is 2.13. The molecule has 0 fully saturated rings. The molecule has 0 aliphatic heterocycles. The first-order valence-electron chi connectivity index (χ1n) is 5.58. The van der Waals surface area contributed by atoms with Crippen molar-refractivity contribution >= 4 is 23.2 Å². The van der Waals surface area contributed by atoms with Gasteiger partial charge in [0.25, 0.3) is 0 Å². The Morgan fingerprint density at radius 1 is 0.667 bits per heavy atom. The maximum atomic E-state index is 5.64. The van der Waals surface area contributed by atoms with E-state index in [1.807, 2.05) is 52.0 Å². The average Bonchev–Trinajstić information content (AvgIpc) is 2.12. The van der Waals surface area contributed by atoms with E-state index in [9.17, 15) is 0 Å². The van der Waals surface area contributed by atoms with E-state index in [0.29, 0.717) is 10.3 Å². The largest absolute Gasteiger partial charge is 0.241 e. The minimum absolute atomic E-state index is 0.576. The zero-order valence-electron chi connectivity index (χ0n) is 11.0. The summed E-state index contributed by atoms with van der Waals surface area (Å²) >= 11 is 11.3. The van der Waals surface area contributed by atoms with Gasteiger partial charge in [0.05, 0.1) is 0 Å². The van der Waals surface area contributed by atoms with Crippen LogP contribution in [0, 0.1) is 27.7 Å². The summed E-state index contributed by atoms with van der Waals surface area (Å²) < 4.78 is 0. The van der Waals surface area contributed by atoms with E-state index in [1.54, 1.807) is 0 Å². The van der Waals surface area contributed by atoms with Crippen LogP contribution in [0.4, 0.5) is 0 Å². The monoisotopic (exact) mass is 282 g/mol. The van der Waals surface area contributed by atoms with Gasteiger partial charge in [0, 0.05) is 11.4 Å². The highest BCUT2D eigenvalue weighted by Gasteiger charge is 1.91. The van der Waals surface area contributed by atoms with Crippen LogP contribution in [0.3, 0.4) is 0 Å². The number of rotatable bonds is 0. The van der Waals surface area contributed by atoms with Gasteiger partial charge in [0.1, 0.15) is 10.3 Å². The van der Waals surface area contributed by atoms with Crippen molar-refractivity contribution < 1.29 is 0 Å². The minimum Gasteiger partial charge on any atom is -0.241 e. The van der Waals surface area contributed by atoms with Crippen LogP contribution in [0.5, 0.6) is 0 Å². The summed E-state index contributed by atoms with van der Waals surface area (Å²) in [5, 5.41) is 1.15. The van der Waals surface area contributed by atoms with Crippen LogP contribution in [0.2, 0.25) is 10.3 Å². The van der Waals surface area contributed by atoms with Gasteiger partial charge < -0.3 is 0 Å². The van der Waals surface area contributed by atoms with Crippen LogP contribution in [0.25, 0.3) is 0 Å². The predicted molar refractivity (Wildman–Crippen MR) is 77.4 cm³/mol. The fourth-order valence-corrected chi connectivity index (χ4v) is 2.19. The molecule has 0 saturated heterocycles. The SMILES string of the molecule is Cc1cc(C)nc(Cl)c1.Cc1cc(C)nc(Cl)c1. The lowest BCUT2D eigenvalue weighted by atomic mass is 10.3. The van der Waals surface area contributed by atoms with E-state index in [4.69, 9.17) is 23.2 Å². The number of aryl methyl sites for hydroxylation is 4. The molecule has 0 saturated carbocycles. The Bertz CT molecular complexity index is 389. The number of hydrogen-bond donors (Lipinski definition) is 0. The number of hydrogen-bond acceptors (Lipinski definition) is 2. The molecule has 2 heterocycles. The second kappa shape index (κ2) is 6.72. The molecule has 4 heteroatoms. The van der Waals surface area contributed by atoms with E-state index >= 15 is 0 Å². The van der Waals surface area contributed by atoms with Crippen LogP contribution in [-0.4, -0.2) is 9.97 Å². The summed E-state index contributed by atoms with van der Waals surface area (Å²) in [4.78, 5) is 8.00. The molecule has 0 aliphatic carbocycles. The Hall–Kier alpha value is -1.12. The summed E-state index contributed by atoms with van der Waals surface area (Å²) in [6, 6.07) is 7.67. The van der Waals surface area contributed by atoms with E-state index in [2.05, 4.69) is 9.97 Å². The molecule has 0 atom stereocenters. The van der Waals surface area contributed by atoms with Gasteiger partial charge in [0.15, 0.2) is 0 Å². The van der Waals surface area contributed by atoms with Crippen molar-refractivity contribution in [2.75, 3.05) is 0 Å². The number of nitrogens with zero attached hydrogens (tertiary/aromatic N) is 2. The number of halogens is 2. The number of pyridine rings is 2. The van der Waals surface area contributed by atoms with Crippen molar-refractivity contribution in [3.05, 3.63) is 57.1 Å². The fraction of sp³-hybridized carbons (Fsp3) is 0.286. The topological polar surface area (TPSA) is 25.8 Å². The molecule has 0 aliphatic rings. The maximum absolute atomic E-state index is 5.64. The Balaban J connectivity index is 0.000000180. The predicted octanol–water partition coefficient (Wildman–Crippen LogP) is 4.70. The molecule has 0 amide bonds. The van der Waals surface area contributed by atoms with Gasteiger partial charge in [-0.2, -0.15) is 0 Å². The normalized spacial score (nSPS) is 9.67. The lowest BCUT2D eigenvalue weighted by molar-refractivity contribution is 1.18. The molecule has 0 bridgehead atoms. The number of aromatic nitrogens is 2. The highest BCUT2D eigenvalue weighted by molar-refractivity contribution is 6.29. The Morgan fingerprint density at radius 3 is 1.22 bits per heavy atom.